The summed E-state index contributed by atoms with van der Waals surface area (Å²) in [5.74, 6) is -0.520. The lowest BCUT2D eigenvalue weighted by molar-refractivity contribution is -0.117. The minimum absolute atomic E-state index is 0.0949. The molecule has 1 atom stereocenters. The molecule has 0 aromatic heterocycles. The van der Waals surface area contributed by atoms with Gasteiger partial charge in [0, 0.05) is 25.2 Å². The van der Waals surface area contributed by atoms with Gasteiger partial charge in [-0.25, -0.2) is 0 Å². The number of carbonyl (C=O) groups excluding carboxylic acids is 2. The monoisotopic (exact) mass is 532 g/mol. The van der Waals surface area contributed by atoms with Crippen LogP contribution in [0.1, 0.15) is 27.5 Å². The molecule has 3 aromatic rings. The second-order valence-corrected chi connectivity index (χ2v) is 8.79. The first-order chi connectivity index (χ1) is 14.0. The maximum Gasteiger partial charge on any atom is 0.256 e. The highest BCUT2D eigenvalue weighted by Crippen LogP contribution is 2.40. The average Bonchev–Trinajstić information content (AvgIpc) is 2.84. The van der Waals surface area contributed by atoms with Gasteiger partial charge in [0.05, 0.1) is 11.6 Å². The van der Waals surface area contributed by atoms with Crippen LogP contribution in [0.25, 0.3) is 0 Å². The Morgan fingerprint density at radius 3 is 2.48 bits per heavy atom. The van der Waals surface area contributed by atoms with Crippen molar-refractivity contribution in [1.29, 1.82) is 0 Å². The number of carbonyl (C=O) groups is 2. The summed E-state index contributed by atoms with van der Waals surface area (Å²) in [7, 11) is 0. The second kappa shape index (κ2) is 8.30. The van der Waals surface area contributed by atoms with Crippen LogP contribution in [0, 0.1) is 0 Å². The van der Waals surface area contributed by atoms with Crippen LogP contribution in [0.4, 0.5) is 5.69 Å². The van der Waals surface area contributed by atoms with Crippen molar-refractivity contribution < 1.29 is 9.59 Å². The van der Waals surface area contributed by atoms with Crippen molar-refractivity contribution in [2.75, 3.05) is 11.9 Å². The number of amides is 2. The van der Waals surface area contributed by atoms with E-state index >= 15 is 0 Å². The van der Waals surface area contributed by atoms with Gasteiger partial charge in [0.1, 0.15) is 6.54 Å². The molecule has 0 aliphatic carbocycles. The van der Waals surface area contributed by atoms with Crippen LogP contribution in [0.5, 0.6) is 0 Å². The number of rotatable bonds is 2. The summed E-state index contributed by atoms with van der Waals surface area (Å²) in [6.07, 6.45) is 0. The summed E-state index contributed by atoms with van der Waals surface area (Å²) in [5, 5.41) is 3.44. The average molecular weight is 535 g/mol. The SMILES string of the molecule is O=C1CN(C(=O)c2ccccc2Br)[C@H](c2ccccc2Cl)c2cc(Br)ccc2N1. The third kappa shape index (κ3) is 3.97. The topological polar surface area (TPSA) is 49.4 Å². The van der Waals surface area contributed by atoms with Gasteiger partial charge in [0.15, 0.2) is 0 Å². The van der Waals surface area contributed by atoms with Crippen LogP contribution in [0.2, 0.25) is 5.02 Å². The van der Waals surface area contributed by atoms with Gasteiger partial charge >= 0.3 is 0 Å². The Labute approximate surface area is 190 Å². The quantitative estimate of drug-likeness (QED) is 0.435. The van der Waals surface area contributed by atoms with Crippen molar-refractivity contribution in [1.82, 2.24) is 4.90 Å². The molecule has 0 saturated heterocycles. The third-order valence-corrected chi connectivity index (χ3v) is 6.30. The Bertz CT molecular complexity index is 1120. The van der Waals surface area contributed by atoms with E-state index in [2.05, 4.69) is 37.2 Å². The number of anilines is 1. The maximum absolute atomic E-state index is 13.6. The Kier molecular flexibility index (Phi) is 5.76. The minimum atomic E-state index is -0.533. The number of nitrogens with zero attached hydrogens (tertiary/aromatic N) is 1. The van der Waals surface area contributed by atoms with Gasteiger partial charge in [-0.2, -0.15) is 0 Å². The predicted octanol–water partition coefficient (Wildman–Crippen LogP) is 6.05. The molecule has 1 N–H and O–H groups in total. The van der Waals surface area contributed by atoms with E-state index in [4.69, 9.17) is 11.6 Å². The number of hydrogen-bond acceptors (Lipinski definition) is 2. The fraction of sp³-hybridized carbons (Fsp3) is 0.0909. The first-order valence-corrected chi connectivity index (χ1v) is 10.8. The van der Waals surface area contributed by atoms with E-state index in [1.54, 1.807) is 29.2 Å². The Morgan fingerprint density at radius 2 is 1.72 bits per heavy atom. The summed E-state index contributed by atoms with van der Waals surface area (Å²) in [6.45, 7) is -0.0949. The minimum Gasteiger partial charge on any atom is -0.324 e. The standard InChI is InChI=1S/C22H15Br2ClN2O2/c23-13-9-10-19-16(11-13)21(15-6-2-4-8-18(15)25)27(12-20(28)26-19)22(29)14-5-1-3-7-17(14)24/h1-11,21H,12H2,(H,26,28)/t21-/m1/s1. The predicted molar refractivity (Wildman–Crippen MR) is 121 cm³/mol. The van der Waals surface area contributed by atoms with Gasteiger partial charge in [0.25, 0.3) is 5.91 Å². The van der Waals surface area contributed by atoms with Crippen molar-refractivity contribution in [3.63, 3.8) is 0 Å². The molecule has 1 aliphatic rings. The number of benzene rings is 3. The molecule has 0 spiro atoms. The first kappa shape index (κ1) is 20.1. The fourth-order valence-corrected chi connectivity index (χ4v) is 4.56. The molecule has 7 heteroatoms. The number of hydrogen-bond donors (Lipinski definition) is 1. The Morgan fingerprint density at radius 1 is 1.00 bits per heavy atom. The van der Waals surface area contributed by atoms with Crippen molar-refractivity contribution >= 4 is 61.0 Å². The van der Waals surface area contributed by atoms with Crippen LogP contribution in [-0.2, 0) is 4.79 Å². The van der Waals surface area contributed by atoms with E-state index in [9.17, 15) is 9.59 Å². The molecular weight excluding hydrogens is 520 g/mol. The molecule has 0 bridgehead atoms. The Hall–Kier alpha value is -2.15. The van der Waals surface area contributed by atoms with Crippen molar-refractivity contribution in [3.05, 3.63) is 97.4 Å². The fourth-order valence-electron chi connectivity index (χ4n) is 3.49. The van der Waals surface area contributed by atoms with Crippen LogP contribution in [-0.4, -0.2) is 23.3 Å². The van der Waals surface area contributed by atoms with Gasteiger partial charge in [-0.15, -0.1) is 0 Å². The summed E-state index contributed by atoms with van der Waals surface area (Å²) >= 11 is 13.5. The zero-order valence-corrected chi connectivity index (χ0v) is 19.0. The molecule has 1 heterocycles. The van der Waals surface area contributed by atoms with Gasteiger partial charge in [-0.1, -0.05) is 57.9 Å². The van der Waals surface area contributed by atoms with Gasteiger partial charge in [0.2, 0.25) is 5.91 Å². The smallest absolute Gasteiger partial charge is 0.256 e. The van der Waals surface area contributed by atoms with Gasteiger partial charge in [-0.3, -0.25) is 9.59 Å². The molecule has 2 amide bonds. The molecule has 4 nitrogen and oxygen atoms in total. The van der Waals surface area contributed by atoms with Crippen molar-refractivity contribution in [2.45, 2.75) is 6.04 Å². The highest BCUT2D eigenvalue weighted by Gasteiger charge is 2.35. The van der Waals surface area contributed by atoms with Crippen LogP contribution in [0.15, 0.2) is 75.7 Å². The van der Waals surface area contributed by atoms with E-state index < -0.39 is 6.04 Å². The van der Waals surface area contributed by atoms with E-state index in [0.29, 0.717) is 20.7 Å². The highest BCUT2D eigenvalue weighted by atomic mass is 79.9. The lowest BCUT2D eigenvalue weighted by atomic mass is 9.95. The molecule has 1 aliphatic heterocycles. The molecule has 146 valence electrons. The largest absolute Gasteiger partial charge is 0.324 e. The van der Waals surface area contributed by atoms with E-state index in [-0.39, 0.29) is 18.4 Å². The highest BCUT2D eigenvalue weighted by molar-refractivity contribution is 9.10. The summed E-state index contributed by atoms with van der Waals surface area (Å²) < 4.78 is 1.51. The lowest BCUT2D eigenvalue weighted by Crippen LogP contribution is -2.39. The summed E-state index contributed by atoms with van der Waals surface area (Å²) in [4.78, 5) is 27.8. The molecule has 0 fully saturated rings. The van der Waals surface area contributed by atoms with Crippen LogP contribution < -0.4 is 5.32 Å². The normalized spacial score (nSPS) is 16.0. The van der Waals surface area contributed by atoms with Crippen molar-refractivity contribution in [2.24, 2.45) is 0 Å². The number of nitrogens with one attached hydrogen (secondary N) is 1. The summed E-state index contributed by atoms with van der Waals surface area (Å²) in [5.41, 5.74) is 2.69. The molecule has 0 unspecified atom stereocenters. The molecule has 4 rings (SSSR count). The van der Waals surface area contributed by atoms with E-state index in [1.165, 1.54) is 0 Å². The van der Waals surface area contributed by atoms with E-state index in [1.807, 2.05) is 42.5 Å². The number of fused-ring (bicyclic) bond motifs is 1. The maximum atomic E-state index is 13.6. The second-order valence-electron chi connectivity index (χ2n) is 6.62. The first-order valence-electron chi connectivity index (χ1n) is 8.85. The molecule has 0 radical (unpaired) electrons. The van der Waals surface area contributed by atoms with Crippen molar-refractivity contribution in [3.8, 4) is 0 Å². The lowest BCUT2D eigenvalue weighted by Gasteiger charge is -2.31. The molecule has 3 aromatic carbocycles. The summed E-state index contributed by atoms with van der Waals surface area (Å²) in [6, 6.07) is 19.6. The zero-order valence-electron chi connectivity index (χ0n) is 15.0. The van der Waals surface area contributed by atoms with Crippen LogP contribution >= 0.6 is 43.5 Å². The number of halogens is 3. The van der Waals surface area contributed by atoms with E-state index in [0.717, 1.165) is 15.6 Å². The van der Waals surface area contributed by atoms with Crippen LogP contribution in [0.3, 0.4) is 0 Å². The molecule has 29 heavy (non-hydrogen) atoms. The molecular formula is C22H15Br2ClN2O2. The van der Waals surface area contributed by atoms with Gasteiger partial charge < -0.3 is 10.2 Å². The third-order valence-electron chi connectivity index (χ3n) is 4.77. The zero-order chi connectivity index (χ0) is 20.5. The Balaban J connectivity index is 1.94. The van der Waals surface area contributed by atoms with Gasteiger partial charge in [-0.05, 0) is 57.9 Å². The molecule has 0 saturated carbocycles.